The number of aromatic nitrogens is 2. The standard InChI is InChI=1S/C20H20N4O4/c1-23(10-13-8-14(22-28-13)12-4-3-7-21-9-12)18(25)16-15-5-6-20(27-15)11-24(2)19(26)17(16)20/h3-9,15-17H,10-11H2,1-2H3/t15-,16-,17+,20-/m0/s1. The first-order chi connectivity index (χ1) is 13.5. The molecule has 2 saturated heterocycles. The molecular weight excluding hydrogens is 360 g/mol. The fourth-order valence-electron chi connectivity index (χ4n) is 4.58. The van der Waals surface area contributed by atoms with Gasteiger partial charge < -0.3 is 19.1 Å². The Balaban J connectivity index is 1.33. The third-order valence-corrected chi connectivity index (χ3v) is 5.86. The van der Waals surface area contributed by atoms with E-state index in [1.54, 1.807) is 42.4 Å². The maximum absolute atomic E-state index is 13.2. The Kier molecular flexibility index (Phi) is 3.67. The average molecular weight is 380 g/mol. The number of carbonyl (C=O) groups is 2. The monoisotopic (exact) mass is 380 g/mol. The van der Waals surface area contributed by atoms with E-state index in [0.717, 1.165) is 5.56 Å². The average Bonchev–Trinajstić information content (AvgIpc) is 3.44. The Morgan fingerprint density at radius 3 is 3.11 bits per heavy atom. The van der Waals surface area contributed by atoms with Crippen molar-refractivity contribution >= 4 is 11.8 Å². The lowest BCUT2D eigenvalue weighted by atomic mass is 9.76. The minimum absolute atomic E-state index is 0.0304. The number of carbonyl (C=O) groups excluding carboxylic acids is 2. The van der Waals surface area contributed by atoms with Gasteiger partial charge in [-0.05, 0) is 12.1 Å². The summed E-state index contributed by atoms with van der Waals surface area (Å²) in [4.78, 5) is 33.1. The number of pyridine rings is 1. The van der Waals surface area contributed by atoms with Gasteiger partial charge >= 0.3 is 0 Å². The van der Waals surface area contributed by atoms with Crippen LogP contribution in [-0.2, 0) is 20.9 Å². The number of hydrogen-bond acceptors (Lipinski definition) is 6. The van der Waals surface area contributed by atoms with Crippen molar-refractivity contribution in [1.29, 1.82) is 0 Å². The van der Waals surface area contributed by atoms with E-state index in [2.05, 4.69) is 10.1 Å². The molecule has 0 saturated carbocycles. The quantitative estimate of drug-likeness (QED) is 0.739. The normalized spacial score (nSPS) is 30.1. The van der Waals surface area contributed by atoms with Crippen molar-refractivity contribution in [3.05, 3.63) is 48.5 Å². The molecule has 8 nitrogen and oxygen atoms in total. The van der Waals surface area contributed by atoms with Crippen LogP contribution in [0.2, 0.25) is 0 Å². The van der Waals surface area contributed by atoms with Crippen LogP contribution in [-0.4, -0.2) is 64.1 Å². The summed E-state index contributed by atoms with van der Waals surface area (Å²) in [6.07, 6.45) is 6.91. The summed E-state index contributed by atoms with van der Waals surface area (Å²) in [5, 5.41) is 4.06. The molecule has 144 valence electrons. The van der Waals surface area contributed by atoms with Gasteiger partial charge in [-0.2, -0.15) is 0 Å². The van der Waals surface area contributed by atoms with Crippen molar-refractivity contribution in [1.82, 2.24) is 19.9 Å². The predicted molar refractivity (Wildman–Crippen MR) is 97.6 cm³/mol. The molecule has 2 bridgehead atoms. The highest BCUT2D eigenvalue weighted by Crippen LogP contribution is 2.51. The largest absolute Gasteiger partial charge is 0.360 e. The van der Waals surface area contributed by atoms with E-state index in [1.807, 2.05) is 24.3 Å². The maximum atomic E-state index is 13.2. The minimum Gasteiger partial charge on any atom is -0.360 e. The molecule has 4 atom stereocenters. The van der Waals surface area contributed by atoms with E-state index in [1.165, 1.54) is 0 Å². The van der Waals surface area contributed by atoms with E-state index < -0.39 is 17.4 Å². The second-order valence-corrected chi connectivity index (χ2v) is 7.71. The Bertz CT molecular complexity index is 972. The fourth-order valence-corrected chi connectivity index (χ4v) is 4.58. The molecule has 1 spiro atoms. The molecule has 2 amide bonds. The summed E-state index contributed by atoms with van der Waals surface area (Å²) >= 11 is 0. The predicted octanol–water partition coefficient (Wildman–Crippen LogP) is 1.11. The van der Waals surface area contributed by atoms with E-state index in [0.29, 0.717) is 18.0 Å². The van der Waals surface area contributed by atoms with Crippen LogP contribution in [0.15, 0.2) is 47.3 Å². The van der Waals surface area contributed by atoms with Crippen molar-refractivity contribution in [2.24, 2.45) is 11.8 Å². The first-order valence-electron chi connectivity index (χ1n) is 9.22. The topological polar surface area (TPSA) is 88.8 Å². The van der Waals surface area contributed by atoms with Gasteiger partial charge in [-0.1, -0.05) is 17.3 Å². The highest BCUT2D eigenvalue weighted by atomic mass is 16.5. The van der Waals surface area contributed by atoms with Gasteiger partial charge in [0.15, 0.2) is 5.76 Å². The summed E-state index contributed by atoms with van der Waals surface area (Å²) in [5.41, 5.74) is 0.860. The lowest BCUT2D eigenvalue weighted by Gasteiger charge is -2.27. The molecule has 2 fully saturated rings. The zero-order valence-corrected chi connectivity index (χ0v) is 15.6. The van der Waals surface area contributed by atoms with Gasteiger partial charge in [0.1, 0.15) is 11.3 Å². The van der Waals surface area contributed by atoms with E-state index in [-0.39, 0.29) is 24.5 Å². The molecule has 2 aromatic rings. The fraction of sp³-hybridized carbons (Fsp3) is 0.400. The molecule has 5 heterocycles. The molecule has 28 heavy (non-hydrogen) atoms. The molecular formula is C20H20N4O4. The number of amides is 2. The molecule has 0 radical (unpaired) electrons. The number of nitrogens with zero attached hydrogens (tertiary/aromatic N) is 4. The van der Waals surface area contributed by atoms with Crippen LogP contribution in [0.3, 0.4) is 0 Å². The van der Waals surface area contributed by atoms with E-state index in [9.17, 15) is 9.59 Å². The molecule has 0 N–H and O–H groups in total. The van der Waals surface area contributed by atoms with Gasteiger partial charge in [0, 0.05) is 38.1 Å². The van der Waals surface area contributed by atoms with Crippen LogP contribution < -0.4 is 0 Å². The van der Waals surface area contributed by atoms with Crippen LogP contribution >= 0.6 is 0 Å². The van der Waals surface area contributed by atoms with Crippen LogP contribution in [0.4, 0.5) is 0 Å². The van der Waals surface area contributed by atoms with Crippen molar-refractivity contribution in [3.8, 4) is 11.3 Å². The minimum atomic E-state index is -0.655. The number of hydrogen-bond donors (Lipinski definition) is 0. The second-order valence-electron chi connectivity index (χ2n) is 7.71. The summed E-state index contributed by atoms with van der Waals surface area (Å²) in [5.74, 6) is -0.545. The van der Waals surface area contributed by atoms with Gasteiger partial charge in [0.05, 0.1) is 31.0 Å². The third kappa shape index (κ3) is 2.41. The van der Waals surface area contributed by atoms with Crippen molar-refractivity contribution in [2.45, 2.75) is 18.2 Å². The Hall–Kier alpha value is -3.00. The first-order valence-corrected chi connectivity index (χ1v) is 9.22. The summed E-state index contributed by atoms with van der Waals surface area (Å²) < 4.78 is 11.5. The highest BCUT2D eigenvalue weighted by Gasteiger charge is 2.66. The zero-order valence-electron chi connectivity index (χ0n) is 15.6. The van der Waals surface area contributed by atoms with Crippen LogP contribution in [0, 0.1) is 11.8 Å². The molecule has 8 heteroatoms. The van der Waals surface area contributed by atoms with E-state index >= 15 is 0 Å². The number of ether oxygens (including phenoxy) is 1. The number of likely N-dealkylation sites (N-methyl/N-ethyl adjacent to an activating group) is 1. The Morgan fingerprint density at radius 2 is 2.32 bits per heavy atom. The smallest absolute Gasteiger partial charge is 0.229 e. The Morgan fingerprint density at radius 1 is 1.46 bits per heavy atom. The third-order valence-electron chi connectivity index (χ3n) is 5.86. The molecule has 0 aliphatic carbocycles. The van der Waals surface area contributed by atoms with Gasteiger partial charge in [-0.25, -0.2) is 0 Å². The van der Waals surface area contributed by atoms with Crippen molar-refractivity contribution in [2.75, 3.05) is 20.6 Å². The maximum Gasteiger partial charge on any atom is 0.229 e. The highest BCUT2D eigenvalue weighted by molar-refractivity contribution is 5.92. The molecule has 0 unspecified atom stereocenters. The summed E-state index contributed by atoms with van der Waals surface area (Å²) in [6.45, 7) is 0.760. The lowest BCUT2D eigenvalue weighted by molar-refractivity contribution is -0.142. The van der Waals surface area contributed by atoms with E-state index in [4.69, 9.17) is 9.26 Å². The van der Waals surface area contributed by atoms with Gasteiger partial charge in [-0.3, -0.25) is 14.6 Å². The lowest BCUT2D eigenvalue weighted by Crippen LogP contribution is -2.44. The van der Waals surface area contributed by atoms with Gasteiger partial charge in [0.25, 0.3) is 0 Å². The first kappa shape index (κ1) is 17.1. The summed E-state index contributed by atoms with van der Waals surface area (Å²) in [6, 6.07) is 5.52. The summed E-state index contributed by atoms with van der Waals surface area (Å²) in [7, 11) is 3.46. The number of fused-ring (bicyclic) bond motifs is 1. The second kappa shape index (κ2) is 6.00. The molecule has 3 aliphatic rings. The van der Waals surface area contributed by atoms with Crippen LogP contribution in [0.25, 0.3) is 11.3 Å². The van der Waals surface area contributed by atoms with Crippen molar-refractivity contribution < 1.29 is 18.8 Å². The van der Waals surface area contributed by atoms with Crippen molar-refractivity contribution in [3.63, 3.8) is 0 Å². The molecule has 0 aromatic carbocycles. The molecule has 3 aliphatic heterocycles. The molecule has 2 aromatic heterocycles. The Labute approximate surface area is 161 Å². The van der Waals surface area contributed by atoms with Gasteiger partial charge in [-0.15, -0.1) is 0 Å². The number of likely N-dealkylation sites (tertiary alicyclic amines) is 1. The molecule has 5 rings (SSSR count). The number of rotatable bonds is 4. The van der Waals surface area contributed by atoms with Gasteiger partial charge in [0.2, 0.25) is 11.8 Å². The zero-order chi connectivity index (χ0) is 19.5. The van der Waals surface area contributed by atoms with Crippen LogP contribution in [0.5, 0.6) is 0 Å². The SMILES string of the molecule is CN(Cc1cc(-c2cccnc2)no1)C(=O)[C@H]1[C@@H]2C=C[C@@]3(CN(C)C(=O)[C@@H]13)O2. The van der Waals surface area contributed by atoms with Crippen LogP contribution in [0.1, 0.15) is 5.76 Å².